The molecule has 0 fully saturated rings. The molecule has 2 N–H and O–H groups in total. The van der Waals surface area contributed by atoms with Gasteiger partial charge in [0.05, 0.1) is 6.33 Å². The summed E-state index contributed by atoms with van der Waals surface area (Å²) in [6.45, 7) is 0.500. The van der Waals surface area contributed by atoms with Crippen LogP contribution in [0.25, 0.3) is 5.69 Å². The van der Waals surface area contributed by atoms with Gasteiger partial charge in [0.15, 0.2) is 0 Å². The van der Waals surface area contributed by atoms with Crippen molar-refractivity contribution < 1.29 is 4.79 Å². The first-order valence-electron chi connectivity index (χ1n) is 6.98. The molecule has 0 saturated carbocycles. The number of rotatable bonds is 4. The van der Waals surface area contributed by atoms with Gasteiger partial charge in [0, 0.05) is 30.3 Å². The largest absolute Gasteiger partial charge is 0.334 e. The minimum atomic E-state index is -0.223. The zero-order valence-electron chi connectivity index (χ0n) is 11.9. The molecule has 0 aliphatic heterocycles. The summed E-state index contributed by atoms with van der Waals surface area (Å²) < 4.78 is 1.90. The first kappa shape index (κ1) is 13.9. The van der Waals surface area contributed by atoms with E-state index in [1.165, 1.54) is 0 Å². The first-order valence-corrected chi connectivity index (χ1v) is 6.98. The van der Waals surface area contributed by atoms with Gasteiger partial charge in [-0.05, 0) is 29.8 Å². The second-order valence-electron chi connectivity index (χ2n) is 4.81. The van der Waals surface area contributed by atoms with E-state index in [1.807, 2.05) is 65.4 Å². The average Bonchev–Trinajstić information content (AvgIpc) is 3.09. The van der Waals surface area contributed by atoms with Gasteiger partial charge in [-0.15, -0.1) is 0 Å². The predicted molar refractivity (Wildman–Crippen MR) is 85.9 cm³/mol. The molecular weight excluding hydrogens is 276 g/mol. The molecule has 0 aliphatic rings. The Morgan fingerprint density at radius 3 is 2.50 bits per heavy atom. The van der Waals surface area contributed by atoms with Gasteiger partial charge >= 0.3 is 6.03 Å². The van der Waals surface area contributed by atoms with Crippen LogP contribution in [0, 0.1) is 0 Å². The van der Waals surface area contributed by atoms with Crippen molar-refractivity contribution >= 4 is 11.7 Å². The minimum Gasteiger partial charge on any atom is -0.334 e. The van der Waals surface area contributed by atoms with Crippen molar-refractivity contribution in [3.8, 4) is 5.69 Å². The van der Waals surface area contributed by atoms with Crippen LogP contribution in [0.1, 0.15) is 5.56 Å². The maximum Gasteiger partial charge on any atom is 0.319 e. The summed E-state index contributed by atoms with van der Waals surface area (Å²) in [6.07, 6.45) is 5.33. The Kier molecular flexibility index (Phi) is 4.15. The van der Waals surface area contributed by atoms with Crippen LogP contribution in [0.5, 0.6) is 0 Å². The number of amides is 2. The summed E-state index contributed by atoms with van der Waals surface area (Å²) in [5.74, 6) is 0. The molecule has 5 heteroatoms. The fourth-order valence-electron chi connectivity index (χ4n) is 2.08. The second-order valence-corrected chi connectivity index (χ2v) is 4.81. The van der Waals surface area contributed by atoms with Gasteiger partial charge in [-0.1, -0.05) is 30.3 Å². The molecule has 0 aliphatic carbocycles. The van der Waals surface area contributed by atoms with Gasteiger partial charge in [0.25, 0.3) is 0 Å². The van der Waals surface area contributed by atoms with Crippen molar-refractivity contribution in [1.29, 1.82) is 0 Å². The highest BCUT2D eigenvalue weighted by molar-refractivity contribution is 5.89. The van der Waals surface area contributed by atoms with E-state index in [0.717, 1.165) is 16.9 Å². The van der Waals surface area contributed by atoms with Crippen LogP contribution in [-0.2, 0) is 6.54 Å². The van der Waals surface area contributed by atoms with E-state index in [1.54, 1.807) is 12.5 Å². The fourth-order valence-corrected chi connectivity index (χ4v) is 2.08. The Balaban J connectivity index is 1.55. The van der Waals surface area contributed by atoms with Crippen molar-refractivity contribution in [2.45, 2.75) is 6.54 Å². The van der Waals surface area contributed by atoms with Crippen molar-refractivity contribution in [1.82, 2.24) is 14.9 Å². The minimum absolute atomic E-state index is 0.223. The smallest absolute Gasteiger partial charge is 0.319 e. The number of hydrogen-bond donors (Lipinski definition) is 2. The highest BCUT2D eigenvalue weighted by Gasteiger charge is 2.02. The molecule has 1 aromatic heterocycles. The van der Waals surface area contributed by atoms with Gasteiger partial charge in [0.1, 0.15) is 0 Å². The highest BCUT2D eigenvalue weighted by Crippen LogP contribution is 2.12. The summed E-state index contributed by atoms with van der Waals surface area (Å²) >= 11 is 0. The third-order valence-electron chi connectivity index (χ3n) is 3.22. The lowest BCUT2D eigenvalue weighted by Gasteiger charge is -2.09. The van der Waals surface area contributed by atoms with Crippen LogP contribution in [0.15, 0.2) is 73.3 Å². The Labute approximate surface area is 128 Å². The van der Waals surface area contributed by atoms with E-state index >= 15 is 0 Å². The van der Waals surface area contributed by atoms with E-state index < -0.39 is 0 Å². The molecule has 0 radical (unpaired) electrons. The number of carbonyl (C=O) groups is 1. The van der Waals surface area contributed by atoms with Crippen molar-refractivity contribution in [3.63, 3.8) is 0 Å². The summed E-state index contributed by atoms with van der Waals surface area (Å²) in [6, 6.07) is 17.1. The standard InChI is InChI=1S/C17H16N4O/c22-17(19-12-14-4-2-1-3-5-14)20-15-6-8-16(9-7-15)21-11-10-18-13-21/h1-11,13H,12H2,(H2,19,20,22). The van der Waals surface area contributed by atoms with Gasteiger partial charge < -0.3 is 15.2 Å². The van der Waals surface area contributed by atoms with Crippen LogP contribution < -0.4 is 10.6 Å². The van der Waals surface area contributed by atoms with E-state index in [0.29, 0.717) is 6.54 Å². The number of anilines is 1. The van der Waals surface area contributed by atoms with Crippen LogP contribution in [0.3, 0.4) is 0 Å². The van der Waals surface area contributed by atoms with E-state index in [4.69, 9.17) is 0 Å². The number of benzene rings is 2. The predicted octanol–water partition coefficient (Wildman–Crippen LogP) is 3.19. The fraction of sp³-hybridized carbons (Fsp3) is 0.0588. The molecule has 5 nitrogen and oxygen atoms in total. The third kappa shape index (κ3) is 3.52. The number of aromatic nitrogens is 2. The Morgan fingerprint density at radius 2 is 1.82 bits per heavy atom. The van der Waals surface area contributed by atoms with Gasteiger partial charge in [0.2, 0.25) is 0 Å². The number of hydrogen-bond acceptors (Lipinski definition) is 2. The zero-order valence-corrected chi connectivity index (χ0v) is 11.9. The maximum absolute atomic E-state index is 11.9. The summed E-state index contributed by atoms with van der Waals surface area (Å²) in [7, 11) is 0. The molecular formula is C17H16N4O. The Morgan fingerprint density at radius 1 is 1.05 bits per heavy atom. The molecule has 110 valence electrons. The van der Waals surface area contributed by atoms with E-state index in [9.17, 15) is 4.79 Å². The molecule has 0 unspecified atom stereocenters. The zero-order chi connectivity index (χ0) is 15.2. The molecule has 0 atom stereocenters. The third-order valence-corrected chi connectivity index (χ3v) is 3.22. The summed E-state index contributed by atoms with van der Waals surface area (Å²) in [4.78, 5) is 15.9. The van der Waals surface area contributed by atoms with Crippen LogP contribution in [0.2, 0.25) is 0 Å². The number of nitrogens with one attached hydrogen (secondary N) is 2. The van der Waals surface area contributed by atoms with Crippen LogP contribution in [-0.4, -0.2) is 15.6 Å². The number of urea groups is 1. The molecule has 22 heavy (non-hydrogen) atoms. The van der Waals surface area contributed by atoms with Crippen molar-refractivity contribution in [2.24, 2.45) is 0 Å². The highest BCUT2D eigenvalue weighted by atomic mass is 16.2. The van der Waals surface area contributed by atoms with Crippen LogP contribution in [0.4, 0.5) is 10.5 Å². The molecule has 3 aromatic rings. The Bertz CT molecular complexity index is 721. The molecule has 3 rings (SSSR count). The number of carbonyl (C=O) groups excluding carboxylic acids is 1. The Hall–Kier alpha value is -3.08. The van der Waals surface area contributed by atoms with Crippen molar-refractivity contribution in [3.05, 3.63) is 78.9 Å². The molecule has 2 aromatic carbocycles. The van der Waals surface area contributed by atoms with Crippen molar-refractivity contribution in [2.75, 3.05) is 5.32 Å². The lowest BCUT2D eigenvalue weighted by atomic mass is 10.2. The van der Waals surface area contributed by atoms with Gasteiger partial charge in [-0.3, -0.25) is 0 Å². The molecule has 0 bridgehead atoms. The van der Waals surface area contributed by atoms with E-state index in [-0.39, 0.29) is 6.03 Å². The monoisotopic (exact) mass is 292 g/mol. The summed E-state index contributed by atoms with van der Waals surface area (Å²) in [5.41, 5.74) is 2.80. The molecule has 0 spiro atoms. The lowest BCUT2D eigenvalue weighted by molar-refractivity contribution is 0.251. The van der Waals surface area contributed by atoms with Gasteiger partial charge in [-0.2, -0.15) is 0 Å². The van der Waals surface area contributed by atoms with Gasteiger partial charge in [-0.25, -0.2) is 9.78 Å². The molecule has 2 amide bonds. The normalized spacial score (nSPS) is 10.2. The molecule has 0 saturated heterocycles. The number of imidazole rings is 1. The SMILES string of the molecule is O=C(NCc1ccccc1)Nc1ccc(-n2ccnc2)cc1. The first-order chi connectivity index (χ1) is 10.8. The van der Waals surface area contributed by atoms with Crippen LogP contribution >= 0.6 is 0 Å². The molecule has 1 heterocycles. The number of nitrogens with zero attached hydrogens (tertiary/aromatic N) is 2. The summed E-state index contributed by atoms with van der Waals surface area (Å²) in [5, 5.41) is 5.63. The average molecular weight is 292 g/mol. The topological polar surface area (TPSA) is 59.0 Å². The maximum atomic E-state index is 11.9. The second kappa shape index (κ2) is 6.58. The van der Waals surface area contributed by atoms with E-state index in [2.05, 4.69) is 15.6 Å². The lowest BCUT2D eigenvalue weighted by Crippen LogP contribution is -2.28. The quantitative estimate of drug-likeness (QED) is 0.776.